The summed E-state index contributed by atoms with van der Waals surface area (Å²) >= 11 is 0. The highest BCUT2D eigenvalue weighted by Gasteiger charge is 2.15. The van der Waals surface area contributed by atoms with E-state index in [0.29, 0.717) is 0 Å². The second kappa shape index (κ2) is 3.62. The third-order valence-electron chi connectivity index (χ3n) is 2.54. The minimum atomic E-state index is 0.197. The lowest BCUT2D eigenvalue weighted by molar-refractivity contribution is 0.589. The number of hydrogen-bond donors (Lipinski definition) is 2. The first-order valence-electron chi connectivity index (χ1n) is 4.94. The summed E-state index contributed by atoms with van der Waals surface area (Å²) < 4.78 is 0. The van der Waals surface area contributed by atoms with Gasteiger partial charge in [0, 0.05) is 0 Å². The van der Waals surface area contributed by atoms with Gasteiger partial charge in [-0.1, -0.05) is 32.9 Å². The summed E-state index contributed by atoms with van der Waals surface area (Å²) in [6.07, 6.45) is 0. The van der Waals surface area contributed by atoms with Gasteiger partial charge in [-0.25, -0.2) is 0 Å². The molecule has 0 radical (unpaired) electrons. The molecule has 0 fully saturated rings. The fraction of sp³-hybridized carbons (Fsp3) is 0.500. The molecule has 0 aliphatic carbocycles. The molecule has 0 aliphatic rings. The predicted molar refractivity (Wildman–Crippen MR) is 62.4 cm³/mol. The van der Waals surface area contributed by atoms with Crippen LogP contribution in [-0.2, 0) is 5.41 Å². The molecule has 2 heteroatoms. The van der Waals surface area contributed by atoms with E-state index in [1.54, 1.807) is 0 Å². The summed E-state index contributed by atoms with van der Waals surface area (Å²) in [6, 6.07) is 4.39. The zero-order valence-electron chi connectivity index (χ0n) is 9.73. The van der Waals surface area contributed by atoms with Crippen LogP contribution in [0.1, 0.15) is 37.5 Å². The van der Waals surface area contributed by atoms with Gasteiger partial charge in [-0.15, -0.1) is 0 Å². The molecule has 14 heavy (non-hydrogen) atoms. The molecule has 0 spiro atoms. The van der Waals surface area contributed by atoms with Crippen molar-refractivity contribution in [1.29, 1.82) is 0 Å². The van der Waals surface area contributed by atoms with Crippen LogP contribution >= 0.6 is 0 Å². The molecular weight excluding hydrogens is 172 g/mol. The van der Waals surface area contributed by atoms with Crippen LogP contribution < -0.4 is 11.3 Å². The molecule has 2 nitrogen and oxygen atoms in total. The Morgan fingerprint density at radius 3 is 1.79 bits per heavy atom. The topological polar surface area (TPSA) is 38.0 Å². The number of hydrogen-bond acceptors (Lipinski definition) is 2. The maximum Gasteiger partial charge on any atom is 0.0543 e. The summed E-state index contributed by atoms with van der Waals surface area (Å²) in [4.78, 5) is 0. The average Bonchev–Trinajstić information content (AvgIpc) is 2.01. The highest BCUT2D eigenvalue weighted by molar-refractivity contribution is 5.58. The van der Waals surface area contributed by atoms with Gasteiger partial charge in [0.05, 0.1) is 5.69 Å². The van der Waals surface area contributed by atoms with Crippen LogP contribution in [0, 0.1) is 13.8 Å². The number of nitrogens with two attached hydrogens (primary N) is 1. The second-order valence-corrected chi connectivity index (χ2v) is 4.88. The highest BCUT2D eigenvalue weighted by atomic mass is 15.2. The van der Waals surface area contributed by atoms with Gasteiger partial charge in [0.25, 0.3) is 0 Å². The van der Waals surface area contributed by atoms with Gasteiger partial charge < -0.3 is 5.43 Å². The molecule has 1 rings (SSSR count). The molecule has 1 aromatic carbocycles. The molecule has 0 amide bonds. The lowest BCUT2D eigenvalue weighted by atomic mass is 9.85. The summed E-state index contributed by atoms with van der Waals surface area (Å²) in [5.74, 6) is 5.46. The summed E-state index contributed by atoms with van der Waals surface area (Å²) in [6.45, 7) is 10.8. The number of benzene rings is 1. The smallest absolute Gasteiger partial charge is 0.0543 e. The molecule has 78 valence electrons. The van der Waals surface area contributed by atoms with E-state index in [4.69, 9.17) is 5.84 Å². The summed E-state index contributed by atoms with van der Waals surface area (Å²) in [5.41, 5.74) is 7.74. The van der Waals surface area contributed by atoms with Gasteiger partial charge in [-0.05, 0) is 36.0 Å². The van der Waals surface area contributed by atoms with Gasteiger partial charge in [0.1, 0.15) is 0 Å². The quantitative estimate of drug-likeness (QED) is 0.530. The van der Waals surface area contributed by atoms with E-state index < -0.39 is 0 Å². The fourth-order valence-corrected chi connectivity index (χ4v) is 1.62. The molecule has 0 unspecified atom stereocenters. The molecule has 0 saturated heterocycles. The SMILES string of the molecule is Cc1cc(C(C)(C)C)cc(C)c1NN. The zero-order chi connectivity index (χ0) is 10.9. The standard InChI is InChI=1S/C12H20N2/c1-8-6-10(12(3,4)5)7-9(2)11(8)14-13/h6-7,14H,13H2,1-5H3. The lowest BCUT2D eigenvalue weighted by Crippen LogP contribution is -2.14. The number of aryl methyl sites for hydroxylation is 2. The Kier molecular flexibility index (Phi) is 2.86. The van der Waals surface area contributed by atoms with Crippen LogP contribution in [-0.4, -0.2) is 0 Å². The summed E-state index contributed by atoms with van der Waals surface area (Å²) in [5, 5.41) is 0. The average molecular weight is 192 g/mol. The van der Waals surface area contributed by atoms with E-state index in [9.17, 15) is 0 Å². The van der Waals surface area contributed by atoms with E-state index in [0.717, 1.165) is 5.69 Å². The molecule has 3 N–H and O–H groups in total. The van der Waals surface area contributed by atoms with Crippen molar-refractivity contribution in [2.75, 3.05) is 5.43 Å². The largest absolute Gasteiger partial charge is 0.324 e. The monoisotopic (exact) mass is 192 g/mol. The van der Waals surface area contributed by atoms with E-state index in [1.807, 2.05) is 0 Å². The summed E-state index contributed by atoms with van der Waals surface area (Å²) in [7, 11) is 0. The van der Waals surface area contributed by atoms with E-state index >= 15 is 0 Å². The van der Waals surface area contributed by atoms with Crippen LogP contribution in [0.3, 0.4) is 0 Å². The molecule has 0 aromatic heterocycles. The van der Waals surface area contributed by atoms with Crippen molar-refractivity contribution in [3.8, 4) is 0 Å². The minimum Gasteiger partial charge on any atom is -0.324 e. The first-order valence-corrected chi connectivity index (χ1v) is 4.94. The Morgan fingerprint density at radius 2 is 1.50 bits per heavy atom. The zero-order valence-corrected chi connectivity index (χ0v) is 9.73. The van der Waals surface area contributed by atoms with Gasteiger partial charge in [0.15, 0.2) is 0 Å². The molecule has 0 aliphatic heterocycles. The Bertz CT molecular complexity index is 312. The van der Waals surface area contributed by atoms with Gasteiger partial charge >= 0.3 is 0 Å². The van der Waals surface area contributed by atoms with Crippen molar-refractivity contribution in [3.05, 3.63) is 28.8 Å². The normalized spacial score (nSPS) is 11.6. The molecule has 1 aromatic rings. The number of nitrogen functional groups attached to an aromatic ring is 1. The lowest BCUT2D eigenvalue weighted by Gasteiger charge is -2.22. The maximum absolute atomic E-state index is 5.46. The van der Waals surface area contributed by atoms with Crippen LogP contribution in [0.15, 0.2) is 12.1 Å². The molecule has 0 atom stereocenters. The third-order valence-corrected chi connectivity index (χ3v) is 2.54. The fourth-order valence-electron chi connectivity index (χ4n) is 1.62. The van der Waals surface area contributed by atoms with Crippen LogP contribution in [0.4, 0.5) is 5.69 Å². The number of rotatable bonds is 1. The van der Waals surface area contributed by atoms with E-state index in [1.165, 1.54) is 16.7 Å². The molecular formula is C12H20N2. The Labute approximate surface area is 86.5 Å². The minimum absolute atomic E-state index is 0.197. The van der Waals surface area contributed by atoms with Crippen molar-refractivity contribution >= 4 is 5.69 Å². The van der Waals surface area contributed by atoms with Gasteiger partial charge in [-0.3, -0.25) is 5.84 Å². The molecule has 0 heterocycles. The number of nitrogens with one attached hydrogen (secondary N) is 1. The highest BCUT2D eigenvalue weighted by Crippen LogP contribution is 2.28. The second-order valence-electron chi connectivity index (χ2n) is 4.88. The van der Waals surface area contributed by atoms with E-state index in [-0.39, 0.29) is 5.41 Å². The Hall–Kier alpha value is -1.02. The molecule has 0 bridgehead atoms. The maximum atomic E-state index is 5.46. The Morgan fingerprint density at radius 1 is 1.07 bits per heavy atom. The van der Waals surface area contributed by atoms with Gasteiger partial charge in [0.2, 0.25) is 0 Å². The van der Waals surface area contributed by atoms with Crippen LogP contribution in [0.5, 0.6) is 0 Å². The van der Waals surface area contributed by atoms with Gasteiger partial charge in [-0.2, -0.15) is 0 Å². The predicted octanol–water partition coefficient (Wildman–Crippen LogP) is 2.89. The number of anilines is 1. The number of hydrazine groups is 1. The third kappa shape index (κ3) is 2.07. The first-order chi connectivity index (χ1) is 6.36. The van der Waals surface area contributed by atoms with Crippen LogP contribution in [0.2, 0.25) is 0 Å². The Balaban J connectivity index is 3.28. The van der Waals surface area contributed by atoms with Crippen molar-refractivity contribution in [3.63, 3.8) is 0 Å². The van der Waals surface area contributed by atoms with E-state index in [2.05, 4.69) is 52.2 Å². The van der Waals surface area contributed by atoms with Crippen molar-refractivity contribution in [1.82, 2.24) is 0 Å². The van der Waals surface area contributed by atoms with Crippen LogP contribution in [0.25, 0.3) is 0 Å². The van der Waals surface area contributed by atoms with Crippen molar-refractivity contribution in [2.24, 2.45) is 5.84 Å². The van der Waals surface area contributed by atoms with Crippen molar-refractivity contribution < 1.29 is 0 Å². The first kappa shape index (κ1) is 11.1. The molecule has 0 saturated carbocycles. The van der Waals surface area contributed by atoms with Crippen molar-refractivity contribution in [2.45, 2.75) is 40.0 Å².